The summed E-state index contributed by atoms with van der Waals surface area (Å²) in [6, 6.07) is 11.5. The smallest absolute Gasteiger partial charge is 0.274 e. The van der Waals surface area contributed by atoms with Crippen LogP contribution in [0.2, 0.25) is 5.02 Å². The van der Waals surface area contributed by atoms with Crippen LogP contribution in [0.3, 0.4) is 0 Å². The zero-order valence-electron chi connectivity index (χ0n) is 18.0. The van der Waals surface area contributed by atoms with Gasteiger partial charge in [-0.25, -0.2) is 9.67 Å². The summed E-state index contributed by atoms with van der Waals surface area (Å²) in [6.45, 7) is 1.70. The Kier molecular flexibility index (Phi) is 6.58. The van der Waals surface area contributed by atoms with Crippen molar-refractivity contribution >= 4 is 40.4 Å². The molecule has 0 aliphatic heterocycles. The lowest BCUT2D eigenvalue weighted by Gasteiger charge is -2.14. The van der Waals surface area contributed by atoms with E-state index in [9.17, 15) is 14.9 Å². The van der Waals surface area contributed by atoms with Crippen molar-refractivity contribution in [2.75, 3.05) is 12.4 Å². The number of pyridine rings is 1. The zero-order chi connectivity index (χ0) is 24.2. The summed E-state index contributed by atoms with van der Waals surface area (Å²) >= 11 is 7.77. The highest BCUT2D eigenvalue weighted by atomic mass is 35.5. The average Bonchev–Trinajstić information content (AvgIpc) is 3.50. The summed E-state index contributed by atoms with van der Waals surface area (Å²) in [5, 5.41) is 22.9. The highest BCUT2D eigenvalue weighted by molar-refractivity contribution is 7.08. The Morgan fingerprint density at radius 1 is 1.24 bits per heavy atom. The Labute approximate surface area is 203 Å². The summed E-state index contributed by atoms with van der Waals surface area (Å²) in [5.41, 5.74) is 1.35. The fraction of sp³-hybridized carbons (Fsp3) is 0.0870. The van der Waals surface area contributed by atoms with Crippen LogP contribution in [0.15, 0.2) is 53.4 Å². The first-order chi connectivity index (χ1) is 16.4. The number of nitrogens with zero attached hydrogens (tertiary/aromatic N) is 4. The number of hydrogen-bond donors (Lipinski definition) is 2. The molecule has 0 radical (unpaired) electrons. The number of thiophene rings is 1. The Morgan fingerprint density at radius 2 is 2.06 bits per heavy atom. The van der Waals surface area contributed by atoms with Crippen molar-refractivity contribution in [3.05, 3.63) is 80.8 Å². The van der Waals surface area contributed by atoms with E-state index in [1.165, 1.54) is 41.4 Å². The number of halogens is 1. The molecule has 0 saturated heterocycles. The van der Waals surface area contributed by atoms with Crippen molar-refractivity contribution in [2.24, 2.45) is 0 Å². The number of nitrogens with one attached hydrogen (secondary N) is 2. The molecule has 0 unspecified atom stereocenters. The molecule has 0 atom stereocenters. The maximum absolute atomic E-state index is 13.4. The van der Waals surface area contributed by atoms with E-state index in [-0.39, 0.29) is 33.7 Å². The van der Waals surface area contributed by atoms with Gasteiger partial charge in [-0.15, -0.1) is 16.4 Å². The van der Waals surface area contributed by atoms with Crippen LogP contribution < -0.4 is 15.4 Å². The van der Waals surface area contributed by atoms with Gasteiger partial charge in [0.2, 0.25) is 5.88 Å². The number of amides is 2. The highest BCUT2D eigenvalue weighted by Crippen LogP contribution is 2.28. The van der Waals surface area contributed by atoms with Gasteiger partial charge in [0.1, 0.15) is 11.4 Å². The summed E-state index contributed by atoms with van der Waals surface area (Å²) in [7, 11) is 1.47. The second-order valence-electron chi connectivity index (χ2n) is 7.01. The van der Waals surface area contributed by atoms with E-state index in [4.69, 9.17) is 16.3 Å². The van der Waals surface area contributed by atoms with E-state index < -0.39 is 11.8 Å². The number of anilines is 1. The normalized spacial score (nSPS) is 10.4. The molecule has 2 amide bonds. The van der Waals surface area contributed by atoms with Gasteiger partial charge in [-0.3, -0.25) is 9.59 Å². The van der Waals surface area contributed by atoms with E-state index in [2.05, 4.69) is 20.7 Å². The van der Waals surface area contributed by atoms with Crippen LogP contribution in [0.25, 0.3) is 5.82 Å². The monoisotopic (exact) mass is 492 g/mol. The van der Waals surface area contributed by atoms with Crippen LogP contribution >= 0.6 is 22.9 Å². The molecule has 9 nitrogen and oxygen atoms in total. The van der Waals surface area contributed by atoms with Gasteiger partial charge in [0, 0.05) is 24.7 Å². The molecule has 0 bridgehead atoms. The number of rotatable bonds is 6. The fourth-order valence-corrected chi connectivity index (χ4v) is 3.96. The second kappa shape index (κ2) is 9.74. The maximum atomic E-state index is 13.4. The number of ether oxygens (including phenoxy) is 1. The number of nitriles is 1. The second-order valence-corrected chi connectivity index (χ2v) is 8.20. The topological polar surface area (TPSA) is 122 Å². The number of carbonyl (C=O) groups is 2. The number of aromatic nitrogens is 3. The zero-order valence-corrected chi connectivity index (χ0v) is 19.6. The first kappa shape index (κ1) is 23.0. The Bertz CT molecular complexity index is 1430. The summed E-state index contributed by atoms with van der Waals surface area (Å²) < 4.78 is 7.04. The van der Waals surface area contributed by atoms with Gasteiger partial charge in [0.15, 0.2) is 5.82 Å². The SMILES string of the molecule is CNC(=O)c1cc(C#N)cc(C)c1NC(=O)c1cc(Oc2ccsc2)nn1-c1ncccc1Cl. The lowest BCUT2D eigenvalue weighted by Crippen LogP contribution is -2.24. The largest absolute Gasteiger partial charge is 0.437 e. The van der Waals surface area contributed by atoms with Crippen molar-refractivity contribution < 1.29 is 14.3 Å². The molecule has 0 spiro atoms. The van der Waals surface area contributed by atoms with E-state index in [0.29, 0.717) is 16.9 Å². The van der Waals surface area contributed by atoms with Gasteiger partial charge < -0.3 is 15.4 Å². The molecule has 3 aromatic heterocycles. The summed E-state index contributed by atoms with van der Waals surface area (Å²) in [5.74, 6) is -0.0601. The predicted molar refractivity (Wildman–Crippen MR) is 128 cm³/mol. The molecule has 0 saturated carbocycles. The van der Waals surface area contributed by atoms with Crippen molar-refractivity contribution in [1.29, 1.82) is 5.26 Å². The molecule has 2 N–H and O–H groups in total. The first-order valence-corrected chi connectivity index (χ1v) is 11.2. The third-order valence-corrected chi connectivity index (χ3v) is 5.71. The molecule has 1 aromatic carbocycles. The minimum Gasteiger partial charge on any atom is -0.437 e. The van der Waals surface area contributed by atoms with Crippen molar-refractivity contribution in [1.82, 2.24) is 20.1 Å². The van der Waals surface area contributed by atoms with Crippen LogP contribution in [0.1, 0.15) is 32.0 Å². The van der Waals surface area contributed by atoms with E-state index in [0.717, 1.165) is 0 Å². The quantitative estimate of drug-likeness (QED) is 0.406. The fourth-order valence-electron chi connectivity index (χ4n) is 3.21. The standard InChI is InChI=1S/C23H17ClN6O3S/c1-13-8-14(11-25)9-16(22(31)26-2)20(13)28-23(32)18-10-19(33-15-5-7-34-12-15)29-30(18)21-17(24)4-3-6-27-21/h3-10,12H,1-2H3,(H,26,31)(H,28,32). The third-order valence-electron chi connectivity index (χ3n) is 4.75. The predicted octanol–water partition coefficient (Wildman–Crippen LogP) is 4.57. The number of carbonyl (C=O) groups excluding carboxylic acids is 2. The van der Waals surface area contributed by atoms with Crippen molar-refractivity contribution in [3.63, 3.8) is 0 Å². The average molecular weight is 493 g/mol. The molecule has 34 heavy (non-hydrogen) atoms. The van der Waals surface area contributed by atoms with Gasteiger partial charge in [-0.05, 0) is 48.2 Å². The molecule has 4 rings (SSSR count). The van der Waals surface area contributed by atoms with Gasteiger partial charge in [-0.2, -0.15) is 5.26 Å². The molecule has 170 valence electrons. The van der Waals surface area contributed by atoms with Crippen LogP contribution in [0, 0.1) is 18.3 Å². The number of benzene rings is 1. The minimum absolute atomic E-state index is 0.0810. The first-order valence-electron chi connectivity index (χ1n) is 9.90. The van der Waals surface area contributed by atoms with E-state index in [1.807, 2.05) is 11.4 Å². The molecular weight excluding hydrogens is 476 g/mol. The number of hydrogen-bond acceptors (Lipinski definition) is 7. The minimum atomic E-state index is -0.577. The molecule has 4 aromatic rings. The summed E-state index contributed by atoms with van der Waals surface area (Å²) in [4.78, 5) is 30.1. The molecule has 0 aliphatic rings. The van der Waals surface area contributed by atoms with Crippen LogP contribution in [0.4, 0.5) is 5.69 Å². The molecular formula is C23H17ClN6O3S. The van der Waals surface area contributed by atoms with Gasteiger partial charge in [0.25, 0.3) is 11.8 Å². The van der Waals surface area contributed by atoms with Gasteiger partial charge >= 0.3 is 0 Å². The summed E-state index contributed by atoms with van der Waals surface area (Å²) in [6.07, 6.45) is 1.53. The van der Waals surface area contributed by atoms with Crippen molar-refractivity contribution in [2.45, 2.75) is 6.92 Å². The molecule has 11 heteroatoms. The van der Waals surface area contributed by atoms with Crippen LogP contribution in [-0.2, 0) is 0 Å². The lowest BCUT2D eigenvalue weighted by atomic mass is 10.0. The van der Waals surface area contributed by atoms with Gasteiger partial charge in [-0.1, -0.05) is 11.6 Å². The molecule has 0 fully saturated rings. The molecule has 3 heterocycles. The van der Waals surface area contributed by atoms with E-state index >= 15 is 0 Å². The number of aryl methyl sites for hydroxylation is 1. The Hall–Kier alpha value is -4.20. The van der Waals surface area contributed by atoms with Crippen molar-refractivity contribution in [3.8, 4) is 23.5 Å². The molecule has 0 aliphatic carbocycles. The third kappa shape index (κ3) is 4.61. The maximum Gasteiger partial charge on any atom is 0.274 e. The Balaban J connectivity index is 1.78. The highest BCUT2D eigenvalue weighted by Gasteiger charge is 2.23. The lowest BCUT2D eigenvalue weighted by molar-refractivity contribution is 0.0964. The van der Waals surface area contributed by atoms with E-state index in [1.54, 1.807) is 36.6 Å². The van der Waals surface area contributed by atoms with Gasteiger partial charge in [0.05, 0.1) is 27.9 Å². The van der Waals surface area contributed by atoms with Crippen LogP contribution in [-0.4, -0.2) is 33.6 Å². The van der Waals surface area contributed by atoms with Crippen LogP contribution in [0.5, 0.6) is 11.6 Å². The Morgan fingerprint density at radius 3 is 2.74 bits per heavy atom.